The molecule has 0 aliphatic carbocycles. The van der Waals surface area contributed by atoms with E-state index in [1.54, 1.807) is 23.9 Å². The molecule has 0 saturated carbocycles. The van der Waals surface area contributed by atoms with Crippen molar-refractivity contribution < 1.29 is 9.59 Å². The monoisotopic (exact) mass is 321 g/mol. The van der Waals surface area contributed by atoms with E-state index in [-0.39, 0.29) is 30.4 Å². The van der Waals surface area contributed by atoms with Gasteiger partial charge in [0, 0.05) is 55.4 Å². The number of likely N-dealkylation sites (tertiary alicyclic amines) is 2. The van der Waals surface area contributed by atoms with Gasteiger partial charge in [0.1, 0.15) is 6.54 Å². The standard InChI is InChI=1S/C16H23N3O2S/c1-11-4-5-12(22-11)9-18-7-6-13-14(18)8-15(20)19(13)10-16(21)17(2)3/h4-5,13-14H,6-10H2,1-3H3/t13-,14+/m1/s1. The summed E-state index contributed by atoms with van der Waals surface area (Å²) < 4.78 is 0. The van der Waals surface area contributed by atoms with Crippen LogP contribution in [0.1, 0.15) is 22.6 Å². The van der Waals surface area contributed by atoms with E-state index in [1.165, 1.54) is 9.75 Å². The molecule has 3 heterocycles. The Balaban J connectivity index is 1.67. The fourth-order valence-electron chi connectivity index (χ4n) is 3.47. The molecule has 0 spiro atoms. The van der Waals surface area contributed by atoms with Crippen LogP contribution in [0.15, 0.2) is 12.1 Å². The minimum atomic E-state index is 0.00123. The van der Waals surface area contributed by atoms with Crippen molar-refractivity contribution in [2.75, 3.05) is 27.2 Å². The van der Waals surface area contributed by atoms with Crippen molar-refractivity contribution in [3.63, 3.8) is 0 Å². The molecule has 0 radical (unpaired) electrons. The van der Waals surface area contributed by atoms with Crippen molar-refractivity contribution in [1.82, 2.24) is 14.7 Å². The maximum atomic E-state index is 12.3. The fourth-order valence-corrected chi connectivity index (χ4v) is 4.38. The second kappa shape index (κ2) is 6.01. The highest BCUT2D eigenvalue weighted by atomic mass is 32.1. The van der Waals surface area contributed by atoms with E-state index in [4.69, 9.17) is 0 Å². The number of nitrogens with zero attached hydrogens (tertiary/aromatic N) is 3. The Bertz CT molecular complexity index is 584. The Labute approximate surface area is 135 Å². The Morgan fingerprint density at radius 1 is 1.36 bits per heavy atom. The minimum absolute atomic E-state index is 0.00123. The Morgan fingerprint density at radius 3 is 2.77 bits per heavy atom. The summed E-state index contributed by atoms with van der Waals surface area (Å²) in [6.07, 6.45) is 1.53. The van der Waals surface area contributed by atoms with E-state index in [2.05, 4.69) is 24.0 Å². The number of fused-ring (bicyclic) bond motifs is 1. The molecule has 2 fully saturated rings. The predicted molar refractivity (Wildman–Crippen MR) is 86.7 cm³/mol. The van der Waals surface area contributed by atoms with Gasteiger partial charge in [0.15, 0.2) is 0 Å². The Kier molecular flexibility index (Phi) is 4.23. The summed E-state index contributed by atoms with van der Waals surface area (Å²) in [6.45, 7) is 4.27. The molecule has 0 N–H and O–H groups in total. The Morgan fingerprint density at radius 2 is 2.14 bits per heavy atom. The van der Waals surface area contributed by atoms with Crippen molar-refractivity contribution in [2.24, 2.45) is 0 Å². The van der Waals surface area contributed by atoms with Gasteiger partial charge in [-0.15, -0.1) is 11.3 Å². The molecule has 5 nitrogen and oxygen atoms in total. The van der Waals surface area contributed by atoms with Gasteiger partial charge in [-0.2, -0.15) is 0 Å². The zero-order chi connectivity index (χ0) is 15.9. The zero-order valence-corrected chi connectivity index (χ0v) is 14.2. The number of carbonyl (C=O) groups is 2. The van der Waals surface area contributed by atoms with E-state index < -0.39 is 0 Å². The first-order valence-corrected chi connectivity index (χ1v) is 8.56. The van der Waals surface area contributed by atoms with Gasteiger partial charge in [-0.1, -0.05) is 0 Å². The molecular formula is C16H23N3O2S. The topological polar surface area (TPSA) is 43.9 Å². The molecule has 0 aromatic carbocycles. The summed E-state index contributed by atoms with van der Waals surface area (Å²) in [5, 5.41) is 0. The van der Waals surface area contributed by atoms with Gasteiger partial charge in [-0.05, 0) is 25.5 Å². The molecule has 6 heteroatoms. The lowest BCUT2D eigenvalue weighted by Gasteiger charge is -2.25. The van der Waals surface area contributed by atoms with Crippen molar-refractivity contribution in [2.45, 2.75) is 38.4 Å². The molecule has 120 valence electrons. The van der Waals surface area contributed by atoms with Crippen molar-refractivity contribution in [3.8, 4) is 0 Å². The third kappa shape index (κ3) is 2.90. The van der Waals surface area contributed by atoms with E-state index in [9.17, 15) is 9.59 Å². The highest BCUT2D eigenvalue weighted by Gasteiger charge is 2.47. The maximum absolute atomic E-state index is 12.3. The first kappa shape index (κ1) is 15.5. The number of hydrogen-bond donors (Lipinski definition) is 0. The smallest absolute Gasteiger partial charge is 0.241 e. The number of hydrogen-bond acceptors (Lipinski definition) is 4. The second-order valence-corrected chi connectivity index (χ2v) is 7.79. The minimum Gasteiger partial charge on any atom is -0.347 e. The molecule has 2 aliphatic rings. The SMILES string of the molecule is Cc1ccc(CN2CC[C@@H]3[C@@H]2CC(=O)N3CC(=O)N(C)C)s1. The predicted octanol–water partition coefficient (Wildman–Crippen LogP) is 1.32. The molecule has 3 rings (SSSR count). The molecule has 2 amide bonds. The van der Waals surface area contributed by atoms with Crippen LogP contribution in [0.3, 0.4) is 0 Å². The van der Waals surface area contributed by atoms with Crippen LogP contribution < -0.4 is 0 Å². The van der Waals surface area contributed by atoms with Gasteiger partial charge in [0.05, 0.1) is 0 Å². The second-order valence-electron chi connectivity index (χ2n) is 6.42. The summed E-state index contributed by atoms with van der Waals surface area (Å²) in [5.41, 5.74) is 0. The van der Waals surface area contributed by atoms with Crippen LogP contribution >= 0.6 is 11.3 Å². The molecule has 0 unspecified atom stereocenters. The van der Waals surface area contributed by atoms with E-state index >= 15 is 0 Å². The van der Waals surface area contributed by atoms with Crippen molar-refractivity contribution >= 4 is 23.2 Å². The van der Waals surface area contributed by atoms with Crippen LogP contribution in [0.4, 0.5) is 0 Å². The van der Waals surface area contributed by atoms with Crippen molar-refractivity contribution in [1.29, 1.82) is 0 Å². The number of carbonyl (C=O) groups excluding carboxylic acids is 2. The van der Waals surface area contributed by atoms with Crippen LogP contribution in [0.2, 0.25) is 0 Å². The molecule has 0 bridgehead atoms. The van der Waals surface area contributed by atoms with Gasteiger partial charge < -0.3 is 9.80 Å². The third-order valence-corrected chi connectivity index (χ3v) is 5.67. The molecule has 1 aromatic heterocycles. The fraction of sp³-hybridized carbons (Fsp3) is 0.625. The molecule has 1 aromatic rings. The van der Waals surface area contributed by atoms with Crippen LogP contribution in [0.25, 0.3) is 0 Å². The van der Waals surface area contributed by atoms with Gasteiger partial charge in [0.25, 0.3) is 0 Å². The highest BCUT2D eigenvalue weighted by Crippen LogP contribution is 2.34. The summed E-state index contributed by atoms with van der Waals surface area (Å²) in [5.74, 6) is 0.124. The molecule has 2 aliphatic heterocycles. The quantitative estimate of drug-likeness (QED) is 0.840. The number of thiophene rings is 1. The molecular weight excluding hydrogens is 298 g/mol. The first-order chi connectivity index (χ1) is 10.5. The lowest BCUT2D eigenvalue weighted by Crippen LogP contribution is -2.43. The number of aryl methyl sites for hydroxylation is 1. The highest BCUT2D eigenvalue weighted by molar-refractivity contribution is 7.11. The summed E-state index contributed by atoms with van der Waals surface area (Å²) in [6, 6.07) is 4.80. The van der Waals surface area contributed by atoms with Crippen LogP contribution in [0, 0.1) is 6.92 Å². The average Bonchev–Trinajstić information content (AvgIpc) is 3.11. The van der Waals surface area contributed by atoms with Crippen LogP contribution in [-0.4, -0.2) is 65.8 Å². The first-order valence-electron chi connectivity index (χ1n) is 7.74. The average molecular weight is 321 g/mol. The van der Waals surface area contributed by atoms with Crippen LogP contribution in [0.5, 0.6) is 0 Å². The Hall–Kier alpha value is -1.40. The van der Waals surface area contributed by atoms with Crippen molar-refractivity contribution in [3.05, 3.63) is 21.9 Å². The number of amides is 2. The van der Waals surface area contributed by atoms with Gasteiger partial charge in [0.2, 0.25) is 11.8 Å². The molecule has 2 atom stereocenters. The maximum Gasteiger partial charge on any atom is 0.241 e. The van der Waals surface area contributed by atoms with Gasteiger partial charge in [-0.3, -0.25) is 14.5 Å². The summed E-state index contributed by atoms with van der Waals surface area (Å²) in [7, 11) is 3.47. The summed E-state index contributed by atoms with van der Waals surface area (Å²) >= 11 is 1.82. The molecule has 22 heavy (non-hydrogen) atoms. The number of likely N-dealkylation sites (N-methyl/N-ethyl adjacent to an activating group) is 1. The summed E-state index contributed by atoms with van der Waals surface area (Å²) in [4.78, 5) is 32.7. The van der Waals surface area contributed by atoms with E-state index in [1.807, 2.05) is 11.3 Å². The largest absolute Gasteiger partial charge is 0.347 e. The number of rotatable bonds is 4. The van der Waals surface area contributed by atoms with Crippen LogP contribution in [-0.2, 0) is 16.1 Å². The van der Waals surface area contributed by atoms with E-state index in [0.717, 1.165) is 19.5 Å². The molecule has 2 saturated heterocycles. The third-order valence-electron chi connectivity index (χ3n) is 4.69. The van der Waals surface area contributed by atoms with Gasteiger partial charge >= 0.3 is 0 Å². The zero-order valence-electron chi connectivity index (χ0n) is 13.4. The van der Waals surface area contributed by atoms with Gasteiger partial charge in [-0.25, -0.2) is 0 Å². The van der Waals surface area contributed by atoms with E-state index in [0.29, 0.717) is 6.42 Å². The lowest BCUT2D eigenvalue weighted by atomic mass is 10.1. The normalized spacial score (nSPS) is 24.9. The lowest BCUT2D eigenvalue weighted by molar-refractivity contribution is -0.138.